The maximum absolute atomic E-state index is 11.5. The summed E-state index contributed by atoms with van der Waals surface area (Å²) >= 11 is 0. The number of azide groups is 1. The molecule has 0 radical (unpaired) electrons. The van der Waals surface area contributed by atoms with E-state index in [1.165, 1.54) is 6.20 Å². The van der Waals surface area contributed by atoms with Crippen molar-refractivity contribution in [2.24, 2.45) is 5.11 Å². The zero-order chi connectivity index (χ0) is 13.1. The van der Waals surface area contributed by atoms with Crippen LogP contribution in [-0.2, 0) is 37.4 Å². The molecule has 9 nitrogen and oxygen atoms in total. The van der Waals surface area contributed by atoms with Gasteiger partial charge in [-0.05, 0) is 5.53 Å². The fourth-order valence-electron chi connectivity index (χ4n) is 1.84. The van der Waals surface area contributed by atoms with Gasteiger partial charge in [0.15, 0.2) is 0 Å². The number of hydrogen-bond acceptors (Lipinski definition) is 5. The van der Waals surface area contributed by atoms with Crippen LogP contribution in [0.25, 0.3) is 10.4 Å². The van der Waals surface area contributed by atoms with Gasteiger partial charge in [-0.2, -0.15) is 6.20 Å². The average molecular weight is 341 g/mol. The first-order valence-electron chi connectivity index (χ1n) is 5.19. The molecule has 1 aliphatic heterocycles. The van der Waals surface area contributed by atoms with Gasteiger partial charge in [-0.3, -0.25) is 0 Å². The van der Waals surface area contributed by atoms with Gasteiger partial charge in [-0.15, -0.1) is 0 Å². The number of nitrogens with zero attached hydrogens (tertiary/aromatic N) is 4. The van der Waals surface area contributed by atoms with E-state index in [1.54, 1.807) is 0 Å². The molecule has 1 aromatic rings. The quantitative estimate of drug-likeness (QED) is 0.325. The topological polar surface area (TPSA) is 133 Å². The molecule has 0 aromatic carbocycles. The Morgan fingerprint density at radius 2 is 2.42 bits per heavy atom. The van der Waals surface area contributed by atoms with Crippen molar-refractivity contribution in [2.75, 3.05) is 6.61 Å². The van der Waals surface area contributed by atoms with Gasteiger partial charge < -0.3 is 30.3 Å². The largest absolute Gasteiger partial charge is 3.00 e. The zero-order valence-corrected chi connectivity index (χ0v) is 12.6. The normalized spacial score (nSPS) is 25.4. The van der Waals surface area contributed by atoms with Gasteiger partial charge >= 0.3 is 38.4 Å². The molecular formula is C9H10N5O4Y+2. The average Bonchev–Trinajstić information content (AvgIpc) is 2.72. The molecule has 1 aliphatic rings. The Morgan fingerprint density at radius 1 is 1.68 bits per heavy atom. The first-order valence-corrected chi connectivity index (χ1v) is 5.19. The molecule has 2 rings (SSSR count). The third-order valence-electron chi connectivity index (χ3n) is 2.68. The van der Waals surface area contributed by atoms with E-state index in [0.29, 0.717) is 0 Å². The number of rotatable bonds is 3. The van der Waals surface area contributed by atoms with Crippen LogP contribution < -0.4 is 11.2 Å². The number of aliphatic hydroxyl groups is 1. The van der Waals surface area contributed by atoms with Crippen LogP contribution in [0.2, 0.25) is 0 Å². The maximum atomic E-state index is 11.5. The van der Waals surface area contributed by atoms with Crippen LogP contribution in [0, 0.1) is 6.07 Å². The smallest absolute Gasteiger partial charge is 0.394 e. The van der Waals surface area contributed by atoms with Crippen molar-refractivity contribution >= 4 is 0 Å². The molecule has 0 aliphatic carbocycles. The number of aromatic nitrogens is 2. The molecular weight excluding hydrogens is 331 g/mol. The summed E-state index contributed by atoms with van der Waals surface area (Å²) < 4.78 is 6.52. The second kappa shape index (κ2) is 6.97. The van der Waals surface area contributed by atoms with Crippen LogP contribution in [-0.4, -0.2) is 33.4 Å². The van der Waals surface area contributed by atoms with Crippen LogP contribution in [0.5, 0.6) is 0 Å². The predicted octanol–water partition coefficient (Wildman–Crippen LogP) is -0.707. The van der Waals surface area contributed by atoms with Gasteiger partial charge in [0, 0.05) is 11.3 Å². The van der Waals surface area contributed by atoms with Gasteiger partial charge in [-0.1, -0.05) is 5.11 Å². The summed E-state index contributed by atoms with van der Waals surface area (Å²) in [5, 5.41) is 12.6. The zero-order valence-electron chi connectivity index (χ0n) is 9.76. The fraction of sp³-hybridized carbons (Fsp3) is 0.556. The molecule has 3 atom stereocenters. The minimum atomic E-state index is -0.696. The first kappa shape index (κ1) is 16.1. The standard InChI is InChI=1S/C9H10N5O4.Y/c10-13-12-5-3-8(18-6(5)4-15)14-2-1-7(16)11-9(14)17;/h2,5-6,8,15H,3-4H2,(H,11,16,17);/q-1;+3. The third-order valence-corrected chi connectivity index (χ3v) is 2.68. The van der Waals surface area contributed by atoms with E-state index in [2.05, 4.69) is 16.1 Å². The molecule has 10 heteroatoms. The molecule has 2 heterocycles. The fourth-order valence-corrected chi connectivity index (χ4v) is 1.84. The number of H-pyrrole nitrogens is 1. The summed E-state index contributed by atoms with van der Waals surface area (Å²) in [6.07, 6.45) is 0.0661. The van der Waals surface area contributed by atoms with E-state index in [-0.39, 0.29) is 45.7 Å². The van der Waals surface area contributed by atoms with Crippen molar-refractivity contribution in [3.63, 3.8) is 0 Å². The van der Waals surface area contributed by atoms with E-state index < -0.39 is 29.6 Å². The summed E-state index contributed by atoms with van der Waals surface area (Å²) in [5.74, 6) is 0. The van der Waals surface area contributed by atoms with Gasteiger partial charge in [0.1, 0.15) is 6.23 Å². The Morgan fingerprint density at radius 3 is 3.00 bits per heavy atom. The van der Waals surface area contributed by atoms with Crippen LogP contribution in [0.4, 0.5) is 0 Å². The maximum Gasteiger partial charge on any atom is 3.00 e. The number of aliphatic hydroxyl groups excluding tert-OH is 1. The van der Waals surface area contributed by atoms with E-state index in [9.17, 15) is 9.59 Å². The molecule has 19 heavy (non-hydrogen) atoms. The van der Waals surface area contributed by atoms with E-state index in [1.807, 2.05) is 4.98 Å². The Labute approximate surface area is 132 Å². The van der Waals surface area contributed by atoms with Gasteiger partial charge in [0.05, 0.1) is 24.3 Å². The number of ether oxygens (including phenoxy) is 1. The molecule has 2 N–H and O–H groups in total. The van der Waals surface area contributed by atoms with Crippen LogP contribution >= 0.6 is 0 Å². The van der Waals surface area contributed by atoms with E-state index in [4.69, 9.17) is 15.4 Å². The Bertz CT molecular complexity index is 593. The van der Waals surface area contributed by atoms with Gasteiger partial charge in [-0.25, -0.2) is 4.79 Å². The number of aromatic amines is 1. The summed E-state index contributed by atoms with van der Waals surface area (Å²) in [6, 6.07) is 1.75. The Kier molecular flexibility index (Phi) is 5.90. The summed E-state index contributed by atoms with van der Waals surface area (Å²) in [5.41, 5.74) is 7.12. The minimum Gasteiger partial charge on any atom is -0.394 e. The van der Waals surface area contributed by atoms with E-state index >= 15 is 0 Å². The SMILES string of the molecule is [N-]=[N+]=NC1CC(n2c[c-]c(=O)[nH]c2=O)OC1CO.[Y+3]. The van der Waals surface area contributed by atoms with Crippen molar-refractivity contribution in [2.45, 2.75) is 24.8 Å². The molecule has 1 fully saturated rings. The second-order valence-corrected chi connectivity index (χ2v) is 3.76. The van der Waals surface area contributed by atoms with Gasteiger partial charge in [0.2, 0.25) is 0 Å². The number of nitrogens with one attached hydrogen (secondary N) is 1. The van der Waals surface area contributed by atoms with Crippen LogP contribution in [0.1, 0.15) is 12.6 Å². The minimum absolute atomic E-state index is 0. The summed E-state index contributed by atoms with van der Waals surface area (Å²) in [4.78, 5) is 27.1. The van der Waals surface area contributed by atoms with Crippen molar-refractivity contribution in [3.05, 3.63) is 43.5 Å². The summed E-state index contributed by atoms with van der Waals surface area (Å²) in [6.45, 7) is -0.317. The molecule has 1 aromatic heterocycles. The van der Waals surface area contributed by atoms with E-state index in [0.717, 1.165) is 4.57 Å². The number of hydrogen-bond donors (Lipinski definition) is 2. The summed E-state index contributed by atoms with van der Waals surface area (Å²) in [7, 11) is 0. The molecule has 3 unspecified atom stereocenters. The van der Waals surface area contributed by atoms with Crippen molar-refractivity contribution in [3.8, 4) is 0 Å². The molecule has 1 saturated heterocycles. The predicted molar refractivity (Wildman–Crippen MR) is 58.7 cm³/mol. The van der Waals surface area contributed by atoms with Crippen molar-refractivity contribution in [1.29, 1.82) is 0 Å². The molecule has 0 bridgehead atoms. The molecule has 96 valence electrons. The van der Waals surface area contributed by atoms with Crippen molar-refractivity contribution in [1.82, 2.24) is 9.55 Å². The van der Waals surface area contributed by atoms with Gasteiger partial charge in [0.25, 0.3) is 0 Å². The third kappa shape index (κ3) is 3.52. The molecule has 0 amide bonds. The monoisotopic (exact) mass is 341 g/mol. The Hall–Kier alpha value is -0.986. The molecule has 0 spiro atoms. The van der Waals surface area contributed by atoms with Crippen LogP contribution in [0.15, 0.2) is 20.9 Å². The van der Waals surface area contributed by atoms with Crippen molar-refractivity contribution < 1.29 is 42.6 Å². The first-order chi connectivity index (χ1) is 8.65. The second-order valence-electron chi connectivity index (χ2n) is 3.76. The Balaban J connectivity index is 0.00000180. The van der Waals surface area contributed by atoms with Crippen LogP contribution in [0.3, 0.4) is 0 Å². The molecule has 0 saturated carbocycles.